The quantitative estimate of drug-likeness (QED) is 0.249. The molecule has 0 amide bonds. The monoisotopic (exact) mass is 333 g/mol. The fourth-order valence-electron chi connectivity index (χ4n) is 3.95. The van der Waals surface area contributed by atoms with Crippen molar-refractivity contribution in [1.82, 2.24) is 0 Å². The molecule has 0 aliphatic heterocycles. The lowest BCUT2D eigenvalue weighted by Crippen LogP contribution is -1.95. The van der Waals surface area contributed by atoms with E-state index < -0.39 is 0 Å². The van der Waals surface area contributed by atoms with Crippen LogP contribution in [-0.4, -0.2) is 0 Å². The molecule has 2 N–H and O–H groups in total. The Morgan fingerprint density at radius 3 is 2.20 bits per heavy atom. The first kappa shape index (κ1) is 17.8. The van der Waals surface area contributed by atoms with Crippen molar-refractivity contribution < 1.29 is 0 Å². The summed E-state index contributed by atoms with van der Waals surface area (Å²) in [5.41, 5.74) is 8.70. The van der Waals surface area contributed by atoms with Crippen LogP contribution in [0.25, 0.3) is 21.5 Å². The van der Waals surface area contributed by atoms with E-state index in [9.17, 15) is 0 Å². The summed E-state index contributed by atoms with van der Waals surface area (Å²) in [6, 6.07) is 17.3. The van der Waals surface area contributed by atoms with Gasteiger partial charge in [0.15, 0.2) is 0 Å². The maximum atomic E-state index is 6.35. The maximum absolute atomic E-state index is 6.35. The van der Waals surface area contributed by atoms with E-state index in [0.29, 0.717) is 0 Å². The van der Waals surface area contributed by atoms with Gasteiger partial charge in [0.2, 0.25) is 0 Å². The van der Waals surface area contributed by atoms with Crippen LogP contribution in [0, 0.1) is 0 Å². The molecule has 25 heavy (non-hydrogen) atoms. The van der Waals surface area contributed by atoms with Gasteiger partial charge in [0.25, 0.3) is 0 Å². The lowest BCUT2D eigenvalue weighted by molar-refractivity contribution is 0.576. The average molecular weight is 334 g/mol. The van der Waals surface area contributed by atoms with Gasteiger partial charge >= 0.3 is 0 Å². The molecule has 0 aliphatic carbocycles. The zero-order chi connectivity index (χ0) is 17.5. The molecule has 0 bridgehead atoms. The SMILES string of the molecule is CCCCCCCCCCc1c2ccccc2cc2cccc(N)c12. The van der Waals surface area contributed by atoms with E-state index in [-0.39, 0.29) is 0 Å². The van der Waals surface area contributed by atoms with Crippen LogP contribution in [0.3, 0.4) is 0 Å². The van der Waals surface area contributed by atoms with Crippen molar-refractivity contribution in [2.24, 2.45) is 0 Å². The van der Waals surface area contributed by atoms with E-state index >= 15 is 0 Å². The Balaban J connectivity index is 1.73. The smallest absolute Gasteiger partial charge is 0.0396 e. The third-order valence-corrected chi connectivity index (χ3v) is 5.31. The molecule has 1 nitrogen and oxygen atoms in total. The second kappa shape index (κ2) is 8.89. The van der Waals surface area contributed by atoms with Crippen molar-refractivity contribution in [3.05, 3.63) is 54.1 Å². The summed E-state index contributed by atoms with van der Waals surface area (Å²) in [6.07, 6.45) is 12.0. The largest absolute Gasteiger partial charge is 0.398 e. The van der Waals surface area contributed by atoms with E-state index in [1.807, 2.05) is 6.07 Å². The number of aryl methyl sites for hydroxylation is 1. The Bertz CT molecular complexity index is 819. The van der Waals surface area contributed by atoms with Gasteiger partial charge in [-0.3, -0.25) is 0 Å². The van der Waals surface area contributed by atoms with Crippen LogP contribution in [0.4, 0.5) is 5.69 Å². The third kappa shape index (κ3) is 4.34. The summed E-state index contributed by atoms with van der Waals surface area (Å²) in [7, 11) is 0. The molecule has 3 rings (SSSR count). The van der Waals surface area contributed by atoms with E-state index in [2.05, 4.69) is 49.4 Å². The first-order chi connectivity index (χ1) is 12.3. The van der Waals surface area contributed by atoms with E-state index in [4.69, 9.17) is 5.73 Å². The molecule has 132 valence electrons. The zero-order valence-corrected chi connectivity index (χ0v) is 15.6. The fraction of sp³-hybridized carbons (Fsp3) is 0.417. The summed E-state index contributed by atoms with van der Waals surface area (Å²) < 4.78 is 0. The van der Waals surface area contributed by atoms with Crippen LogP contribution in [-0.2, 0) is 6.42 Å². The molecule has 0 radical (unpaired) electrons. The number of nitrogen functional groups attached to an aromatic ring is 1. The Labute approximate surface area is 152 Å². The van der Waals surface area contributed by atoms with Gasteiger partial charge in [0, 0.05) is 11.1 Å². The number of benzene rings is 3. The number of hydrogen-bond acceptors (Lipinski definition) is 1. The number of nitrogens with two attached hydrogens (primary N) is 1. The molecule has 0 fully saturated rings. The molecule has 0 aliphatic rings. The molecular weight excluding hydrogens is 302 g/mol. The number of fused-ring (bicyclic) bond motifs is 2. The van der Waals surface area contributed by atoms with Gasteiger partial charge in [0.1, 0.15) is 0 Å². The van der Waals surface area contributed by atoms with Gasteiger partial charge in [-0.25, -0.2) is 0 Å². The predicted octanol–water partition coefficient (Wildman–Crippen LogP) is 7.26. The summed E-state index contributed by atoms with van der Waals surface area (Å²) in [5.74, 6) is 0. The molecule has 0 unspecified atom stereocenters. The molecule has 0 aromatic heterocycles. The van der Waals surface area contributed by atoms with Crippen molar-refractivity contribution in [2.75, 3.05) is 5.73 Å². The molecule has 3 aromatic carbocycles. The molecule has 3 aromatic rings. The minimum Gasteiger partial charge on any atom is -0.398 e. The van der Waals surface area contributed by atoms with Crippen LogP contribution in [0.1, 0.15) is 63.9 Å². The summed E-state index contributed by atoms with van der Waals surface area (Å²) >= 11 is 0. The summed E-state index contributed by atoms with van der Waals surface area (Å²) in [5, 5.41) is 5.24. The number of rotatable bonds is 9. The van der Waals surface area contributed by atoms with Crippen molar-refractivity contribution in [3.63, 3.8) is 0 Å². The van der Waals surface area contributed by atoms with Gasteiger partial charge in [-0.05, 0) is 46.7 Å². The minimum absolute atomic E-state index is 0.915. The molecule has 0 heterocycles. The van der Waals surface area contributed by atoms with Gasteiger partial charge in [0.05, 0.1) is 0 Å². The second-order valence-electron chi connectivity index (χ2n) is 7.25. The minimum atomic E-state index is 0.915. The topological polar surface area (TPSA) is 26.0 Å². The van der Waals surface area contributed by atoms with Crippen LogP contribution < -0.4 is 5.73 Å². The van der Waals surface area contributed by atoms with Gasteiger partial charge in [-0.2, -0.15) is 0 Å². The van der Waals surface area contributed by atoms with Crippen LogP contribution in [0.5, 0.6) is 0 Å². The van der Waals surface area contributed by atoms with Crippen LogP contribution in [0.15, 0.2) is 48.5 Å². The Morgan fingerprint density at radius 2 is 1.40 bits per heavy atom. The molecule has 1 heteroatoms. The lowest BCUT2D eigenvalue weighted by Gasteiger charge is -2.13. The van der Waals surface area contributed by atoms with Crippen molar-refractivity contribution in [3.8, 4) is 0 Å². The van der Waals surface area contributed by atoms with E-state index in [0.717, 1.165) is 12.1 Å². The van der Waals surface area contributed by atoms with E-state index in [1.165, 1.54) is 78.5 Å². The van der Waals surface area contributed by atoms with Gasteiger partial charge in [-0.15, -0.1) is 0 Å². The molecule has 0 spiro atoms. The number of hydrogen-bond donors (Lipinski definition) is 1. The highest BCUT2D eigenvalue weighted by atomic mass is 14.6. The van der Waals surface area contributed by atoms with Gasteiger partial charge in [-0.1, -0.05) is 88.3 Å². The highest BCUT2D eigenvalue weighted by Gasteiger charge is 2.09. The maximum Gasteiger partial charge on any atom is 0.0396 e. The highest BCUT2D eigenvalue weighted by molar-refractivity contribution is 6.06. The lowest BCUT2D eigenvalue weighted by atomic mass is 9.92. The normalized spacial score (nSPS) is 11.4. The Morgan fingerprint density at radius 1 is 0.720 bits per heavy atom. The second-order valence-corrected chi connectivity index (χ2v) is 7.25. The molecular formula is C24H31N. The molecule has 0 saturated carbocycles. The fourth-order valence-corrected chi connectivity index (χ4v) is 3.95. The van der Waals surface area contributed by atoms with Gasteiger partial charge < -0.3 is 5.73 Å². The standard InChI is InChI=1S/C24H31N/c1-2-3-4-5-6-7-8-9-16-22-21-15-11-10-13-19(21)18-20-14-12-17-23(25)24(20)22/h10-15,17-18H,2-9,16,25H2,1H3. The first-order valence-electron chi connectivity index (χ1n) is 10.00. The molecule has 0 saturated heterocycles. The Hall–Kier alpha value is -2.02. The van der Waals surface area contributed by atoms with Crippen molar-refractivity contribution in [1.29, 1.82) is 0 Å². The number of anilines is 1. The van der Waals surface area contributed by atoms with Crippen LogP contribution >= 0.6 is 0 Å². The van der Waals surface area contributed by atoms with Crippen molar-refractivity contribution in [2.45, 2.75) is 64.7 Å². The average Bonchev–Trinajstić information content (AvgIpc) is 2.63. The molecule has 0 atom stereocenters. The van der Waals surface area contributed by atoms with Crippen molar-refractivity contribution >= 4 is 27.2 Å². The van der Waals surface area contributed by atoms with E-state index in [1.54, 1.807) is 0 Å². The highest BCUT2D eigenvalue weighted by Crippen LogP contribution is 2.33. The number of unbranched alkanes of at least 4 members (excludes halogenated alkanes) is 7. The van der Waals surface area contributed by atoms with Crippen LogP contribution in [0.2, 0.25) is 0 Å². The summed E-state index contributed by atoms with van der Waals surface area (Å²) in [6.45, 7) is 2.28. The first-order valence-corrected chi connectivity index (χ1v) is 10.00. The predicted molar refractivity (Wildman–Crippen MR) is 112 cm³/mol. The summed E-state index contributed by atoms with van der Waals surface area (Å²) in [4.78, 5) is 0. The zero-order valence-electron chi connectivity index (χ0n) is 15.6. The third-order valence-electron chi connectivity index (χ3n) is 5.31. The Kier molecular flexibility index (Phi) is 6.33.